The van der Waals surface area contributed by atoms with Crippen molar-refractivity contribution in [2.24, 2.45) is 23.2 Å². The molecule has 3 aliphatic carbocycles. The zero-order chi connectivity index (χ0) is 18.1. The lowest BCUT2D eigenvalue weighted by molar-refractivity contribution is -0.904. The number of quaternary nitrogens is 1. The summed E-state index contributed by atoms with van der Waals surface area (Å²) in [5.74, 6) is 0.960. The van der Waals surface area contributed by atoms with Crippen LogP contribution in [0.2, 0.25) is 0 Å². The lowest BCUT2D eigenvalue weighted by atomic mass is 9.44. The molecular formula is C18H28BNO5. The predicted molar refractivity (Wildman–Crippen MR) is 90.6 cm³/mol. The number of carbonyl (C=O) groups is 2. The first-order chi connectivity index (χ1) is 11.6. The first-order valence-corrected chi connectivity index (χ1v) is 9.37. The van der Waals surface area contributed by atoms with Crippen LogP contribution >= 0.6 is 0 Å². The lowest BCUT2D eigenvalue weighted by Crippen LogP contribution is -2.68. The molecule has 7 heteroatoms. The molecule has 0 aromatic rings. The molecule has 5 aliphatic rings. The molecule has 0 amide bonds. The average molecular weight is 349 g/mol. The zero-order valence-electron chi connectivity index (χ0n) is 15.6. The standard InChI is InChI=1S/C18H28BNO5/c1-10-13-6-12(18(13,3)4)7-14(10)20(5)8-15(21)24-19(17-11(2)23-17)25-16(22)9-20/h10-14,17H,5-9H2,1-4H3/t10-,11+,12+,13?,14-,17?/m1/s1. The van der Waals surface area contributed by atoms with Gasteiger partial charge in [0.15, 0.2) is 13.1 Å². The maximum atomic E-state index is 12.5. The third kappa shape index (κ3) is 2.70. The summed E-state index contributed by atoms with van der Waals surface area (Å²) in [5, 5.41) is 0. The first kappa shape index (κ1) is 17.3. The van der Waals surface area contributed by atoms with E-state index in [2.05, 4.69) is 27.8 Å². The summed E-state index contributed by atoms with van der Waals surface area (Å²) >= 11 is 0. The fourth-order valence-electron chi connectivity index (χ4n) is 5.63. The van der Waals surface area contributed by atoms with Crippen molar-refractivity contribution in [1.29, 1.82) is 0 Å². The quantitative estimate of drug-likeness (QED) is 0.328. The summed E-state index contributed by atoms with van der Waals surface area (Å²) in [6.07, 6.45) is 2.20. The van der Waals surface area contributed by atoms with E-state index in [1.54, 1.807) is 0 Å². The number of epoxide rings is 1. The third-order valence-corrected chi connectivity index (χ3v) is 7.43. The van der Waals surface area contributed by atoms with Crippen LogP contribution in [0.5, 0.6) is 0 Å². The highest BCUT2D eigenvalue weighted by atomic mass is 16.7. The Morgan fingerprint density at radius 1 is 1.12 bits per heavy atom. The van der Waals surface area contributed by atoms with Gasteiger partial charge < -0.3 is 18.5 Å². The molecule has 0 radical (unpaired) electrons. The smallest absolute Gasteiger partial charge is 0.493 e. The Bertz CT molecular complexity index is 588. The molecule has 6 atom stereocenters. The summed E-state index contributed by atoms with van der Waals surface area (Å²) in [6, 6.07) is -0.149. The molecule has 2 unspecified atom stereocenters. The van der Waals surface area contributed by atoms with E-state index in [0.717, 1.165) is 6.42 Å². The Kier molecular flexibility index (Phi) is 3.79. The van der Waals surface area contributed by atoms with Crippen molar-refractivity contribution in [3.05, 3.63) is 7.05 Å². The zero-order valence-corrected chi connectivity index (χ0v) is 15.6. The molecule has 2 aliphatic heterocycles. The van der Waals surface area contributed by atoms with Gasteiger partial charge in [0.2, 0.25) is 0 Å². The molecule has 2 bridgehead atoms. The van der Waals surface area contributed by atoms with E-state index >= 15 is 0 Å². The highest BCUT2D eigenvalue weighted by Gasteiger charge is 2.60. The van der Waals surface area contributed by atoms with E-state index in [1.807, 2.05) is 6.92 Å². The first-order valence-electron chi connectivity index (χ1n) is 9.37. The molecule has 138 valence electrons. The monoisotopic (exact) mass is 349 g/mol. The van der Waals surface area contributed by atoms with Gasteiger partial charge in [-0.25, -0.2) is 9.59 Å². The Morgan fingerprint density at radius 2 is 1.68 bits per heavy atom. The minimum Gasteiger partial charge on any atom is -0.493 e. The van der Waals surface area contributed by atoms with Crippen molar-refractivity contribution < 1.29 is 28.1 Å². The van der Waals surface area contributed by atoms with E-state index in [-0.39, 0.29) is 47.7 Å². The lowest BCUT2D eigenvalue weighted by Gasteiger charge is -2.66. The van der Waals surface area contributed by atoms with Crippen LogP contribution < -0.4 is 0 Å². The highest BCUT2D eigenvalue weighted by molar-refractivity contribution is 6.51. The molecule has 6 nitrogen and oxygen atoms in total. The van der Waals surface area contributed by atoms with E-state index in [0.29, 0.717) is 23.2 Å². The van der Waals surface area contributed by atoms with Crippen molar-refractivity contribution >= 4 is 19.1 Å². The summed E-state index contributed by atoms with van der Waals surface area (Å²) in [7, 11) is 3.40. The molecule has 0 spiro atoms. The van der Waals surface area contributed by atoms with Crippen molar-refractivity contribution in [3.8, 4) is 0 Å². The second-order valence-electron chi connectivity index (χ2n) is 9.21. The van der Waals surface area contributed by atoms with Crippen LogP contribution in [-0.4, -0.2) is 54.8 Å². The molecular weight excluding hydrogens is 321 g/mol. The normalized spacial score (nSPS) is 44.8. The highest BCUT2D eigenvalue weighted by Crippen LogP contribution is 2.62. The predicted octanol–water partition coefficient (Wildman–Crippen LogP) is 1.58. The van der Waals surface area contributed by atoms with Gasteiger partial charge in [-0.1, -0.05) is 20.8 Å². The van der Waals surface area contributed by atoms with E-state index in [1.165, 1.54) is 6.42 Å². The summed E-state index contributed by atoms with van der Waals surface area (Å²) in [4.78, 5) is 24.9. The summed E-state index contributed by atoms with van der Waals surface area (Å²) in [6.45, 7) is 9.01. The minimum atomic E-state index is -0.917. The van der Waals surface area contributed by atoms with Crippen molar-refractivity contribution in [1.82, 2.24) is 0 Å². The topological polar surface area (TPSA) is 65.1 Å². The maximum Gasteiger partial charge on any atom is 0.632 e. The average Bonchev–Trinajstić information content (AvgIpc) is 3.21. The van der Waals surface area contributed by atoms with Gasteiger partial charge in [0, 0.05) is 12.3 Å². The molecule has 0 aromatic heterocycles. The second kappa shape index (κ2) is 5.46. The number of carbonyl (C=O) groups excluding carboxylic acids is 2. The number of fused-ring (bicyclic) bond motifs is 2. The van der Waals surface area contributed by atoms with Crippen LogP contribution in [0.3, 0.4) is 0 Å². The number of ether oxygens (including phenoxy) is 1. The second-order valence-corrected chi connectivity index (χ2v) is 9.21. The van der Waals surface area contributed by atoms with Crippen LogP contribution in [0, 0.1) is 30.2 Å². The molecule has 5 fully saturated rings. The number of hydrogen-bond acceptors (Lipinski definition) is 5. The van der Waals surface area contributed by atoms with Crippen LogP contribution in [0.15, 0.2) is 0 Å². The molecule has 0 N–H and O–H groups in total. The van der Waals surface area contributed by atoms with Gasteiger partial charge in [-0.2, -0.15) is 0 Å². The summed E-state index contributed by atoms with van der Waals surface area (Å²) in [5.41, 5.74) is 0.351. The van der Waals surface area contributed by atoms with E-state index < -0.39 is 7.12 Å². The number of nitrogens with zero attached hydrogens (tertiary/aromatic N) is 1. The Labute approximate surface area is 149 Å². The van der Waals surface area contributed by atoms with E-state index in [4.69, 9.17) is 14.0 Å². The van der Waals surface area contributed by atoms with Crippen LogP contribution in [0.25, 0.3) is 0 Å². The van der Waals surface area contributed by atoms with Gasteiger partial charge in [0.1, 0.15) is 6.00 Å². The van der Waals surface area contributed by atoms with Crippen molar-refractivity contribution in [3.63, 3.8) is 0 Å². The van der Waals surface area contributed by atoms with Gasteiger partial charge in [0.05, 0.1) is 12.1 Å². The fraction of sp³-hybridized carbons (Fsp3) is 0.833. The van der Waals surface area contributed by atoms with Gasteiger partial charge in [0.25, 0.3) is 0 Å². The van der Waals surface area contributed by atoms with Crippen LogP contribution in [-0.2, 0) is 23.6 Å². The van der Waals surface area contributed by atoms with Gasteiger partial charge in [-0.15, -0.1) is 7.05 Å². The Hall–Kier alpha value is -1.08. The van der Waals surface area contributed by atoms with Crippen LogP contribution in [0.1, 0.15) is 40.5 Å². The SMILES string of the molecule is [CH2-][N+]1([C@@H]2C[C@@H]3CC([C@H]2C)C3(C)C)CC(=O)OB(C2O[C@H]2C)OC(=O)C1. The molecule has 25 heavy (non-hydrogen) atoms. The van der Waals surface area contributed by atoms with E-state index in [9.17, 15) is 9.59 Å². The third-order valence-electron chi connectivity index (χ3n) is 7.43. The molecule has 2 heterocycles. The van der Waals surface area contributed by atoms with Gasteiger partial charge >= 0.3 is 19.1 Å². The van der Waals surface area contributed by atoms with Crippen molar-refractivity contribution in [2.45, 2.75) is 58.7 Å². The largest absolute Gasteiger partial charge is 0.632 e. The molecule has 0 aromatic carbocycles. The van der Waals surface area contributed by atoms with Gasteiger partial charge in [-0.05, 0) is 30.6 Å². The number of rotatable bonds is 2. The molecule has 2 saturated heterocycles. The number of hydrogen-bond donors (Lipinski definition) is 0. The molecule has 5 rings (SSSR count). The summed E-state index contributed by atoms with van der Waals surface area (Å²) < 4.78 is 16.2. The van der Waals surface area contributed by atoms with Crippen LogP contribution in [0.4, 0.5) is 0 Å². The Balaban J connectivity index is 1.51. The maximum absolute atomic E-state index is 12.5. The fourth-order valence-corrected chi connectivity index (χ4v) is 5.63. The Morgan fingerprint density at radius 3 is 2.12 bits per heavy atom. The van der Waals surface area contributed by atoms with Gasteiger partial charge in [-0.3, -0.25) is 0 Å². The van der Waals surface area contributed by atoms with Crippen molar-refractivity contribution in [2.75, 3.05) is 13.1 Å². The minimum absolute atomic E-state index is 0.0447. The molecule has 3 saturated carbocycles.